The molecule has 0 aromatic carbocycles. The Labute approximate surface area is 393 Å². The SMILES string of the molecule is CCCCCCCCCCCCCCCCCC(=O)NCCOCCOCC(=O)NCCOCCOCC(=O)NCCCC[C@H](NCC(=O)C(C)(C)NC(=O)[C@@H]([NH])Cc1cnc[nH]1)C(=O)O. The summed E-state index contributed by atoms with van der Waals surface area (Å²) in [7, 11) is 0. The van der Waals surface area contributed by atoms with E-state index in [4.69, 9.17) is 24.7 Å². The zero-order valence-corrected chi connectivity index (χ0v) is 40.4. The maximum absolute atomic E-state index is 12.8. The molecule has 0 aliphatic rings. The highest BCUT2D eigenvalue weighted by molar-refractivity contribution is 5.95. The topological polar surface area (TPSA) is 272 Å². The number of imidazole rings is 1. The maximum Gasteiger partial charge on any atom is 0.320 e. The van der Waals surface area contributed by atoms with Crippen LogP contribution in [0.2, 0.25) is 0 Å². The quantitative estimate of drug-likeness (QED) is 0.0457. The van der Waals surface area contributed by atoms with Gasteiger partial charge in [-0.1, -0.05) is 96.8 Å². The molecule has 1 radical (unpaired) electrons. The van der Waals surface area contributed by atoms with Gasteiger partial charge in [-0.3, -0.25) is 34.1 Å². The number of Topliss-reactive ketones (excluding diaryl/α,β-unsaturated/α-hetero) is 1. The predicted octanol–water partition coefficient (Wildman–Crippen LogP) is 3.96. The number of unbranched alkanes of at least 4 members (excludes halogenated alkanes) is 15. The highest BCUT2D eigenvalue weighted by atomic mass is 16.5. The van der Waals surface area contributed by atoms with Crippen molar-refractivity contribution in [1.29, 1.82) is 0 Å². The van der Waals surface area contributed by atoms with Crippen molar-refractivity contribution in [2.24, 2.45) is 0 Å². The average molecular weight is 938 g/mol. The Morgan fingerprint density at radius 2 is 1.17 bits per heavy atom. The molecular weight excluding hydrogens is 853 g/mol. The summed E-state index contributed by atoms with van der Waals surface area (Å²) in [6, 6.07) is -2.16. The lowest BCUT2D eigenvalue weighted by Crippen LogP contribution is -2.56. The molecule has 8 N–H and O–H groups in total. The van der Waals surface area contributed by atoms with Crippen LogP contribution in [0, 0.1) is 0 Å². The number of aromatic nitrogens is 2. The van der Waals surface area contributed by atoms with E-state index < -0.39 is 35.3 Å². The third-order valence-corrected chi connectivity index (χ3v) is 10.8. The molecule has 1 heterocycles. The van der Waals surface area contributed by atoms with Crippen LogP contribution in [0.4, 0.5) is 0 Å². The first-order chi connectivity index (χ1) is 31.9. The highest BCUT2D eigenvalue weighted by Gasteiger charge is 2.32. The molecule has 19 nitrogen and oxygen atoms in total. The lowest BCUT2D eigenvalue weighted by molar-refractivity contribution is -0.140. The summed E-state index contributed by atoms with van der Waals surface area (Å²) in [5, 5.41) is 23.2. The van der Waals surface area contributed by atoms with E-state index in [0.29, 0.717) is 51.3 Å². The van der Waals surface area contributed by atoms with Gasteiger partial charge in [0.2, 0.25) is 23.6 Å². The molecule has 2 atom stereocenters. The largest absolute Gasteiger partial charge is 0.480 e. The van der Waals surface area contributed by atoms with Crippen LogP contribution in [0.25, 0.3) is 0 Å². The van der Waals surface area contributed by atoms with Gasteiger partial charge in [-0.2, -0.15) is 0 Å². The summed E-state index contributed by atoms with van der Waals surface area (Å²) in [4.78, 5) is 79.9. The maximum atomic E-state index is 12.8. The normalized spacial score (nSPS) is 12.4. The summed E-state index contributed by atoms with van der Waals surface area (Å²) in [5.74, 6) is -2.76. The summed E-state index contributed by atoms with van der Waals surface area (Å²) in [6.07, 6.45) is 24.2. The number of nitrogens with one attached hydrogen (secondary N) is 7. The number of carbonyl (C=O) groups excluding carboxylic acids is 5. The number of carboxylic acids is 1. The molecule has 0 spiro atoms. The first kappa shape index (κ1) is 60.0. The van der Waals surface area contributed by atoms with E-state index in [9.17, 15) is 33.9 Å². The fraction of sp³-hybridized carbons (Fsp3) is 0.809. The number of ether oxygens (including phenoxy) is 4. The Balaban J connectivity index is 1.91. The molecule has 1 rings (SSSR count). The van der Waals surface area contributed by atoms with Crippen LogP contribution < -0.4 is 32.3 Å². The number of carbonyl (C=O) groups is 6. The van der Waals surface area contributed by atoms with Crippen molar-refractivity contribution in [2.75, 3.05) is 79.0 Å². The lowest BCUT2D eigenvalue weighted by atomic mass is 9.97. The monoisotopic (exact) mass is 938 g/mol. The number of hydrogen-bond donors (Lipinski definition) is 7. The van der Waals surface area contributed by atoms with E-state index in [-0.39, 0.29) is 83.3 Å². The number of H-pyrrole nitrogens is 1. The van der Waals surface area contributed by atoms with Gasteiger partial charge in [0.05, 0.1) is 58.1 Å². The van der Waals surface area contributed by atoms with E-state index in [2.05, 4.69) is 43.5 Å². The minimum Gasteiger partial charge on any atom is -0.480 e. The molecule has 379 valence electrons. The molecule has 4 amide bonds. The van der Waals surface area contributed by atoms with Crippen LogP contribution >= 0.6 is 0 Å². The standard InChI is InChI=1S/C47H85N8O11/c1-4-5-6-7-8-9-10-11-12-13-14-15-16-17-18-22-42(57)51-24-26-63-28-31-66-36-44(59)52-25-27-64-29-30-65-35-43(58)50-23-20-19-21-40(46(61)62)53-34-41(56)47(2,3)55-45(60)39(48)32-38-33-49-37-54-38/h33,37,39-40,48,53H,4-32,34-36H2,1-3H3,(H,49,54)(H,50,58)(H,51,57)(H,52,59)(H,55,60)(H,61,62)/t39-,40-/m0/s1. The first-order valence-electron chi connectivity index (χ1n) is 24.5. The summed E-state index contributed by atoms with van der Waals surface area (Å²) < 4.78 is 21.5. The van der Waals surface area contributed by atoms with Crippen molar-refractivity contribution in [3.8, 4) is 0 Å². The van der Waals surface area contributed by atoms with Crippen molar-refractivity contribution < 1.29 is 52.8 Å². The third kappa shape index (κ3) is 34.3. The summed E-state index contributed by atoms with van der Waals surface area (Å²) in [6.45, 7) is 7.31. The minimum absolute atomic E-state index is 0.0510. The molecular formula is C47H85N8O11. The number of nitrogens with zero attached hydrogens (tertiary/aromatic N) is 1. The van der Waals surface area contributed by atoms with E-state index in [1.165, 1.54) is 110 Å². The van der Waals surface area contributed by atoms with Gasteiger partial charge in [0.15, 0.2) is 5.78 Å². The molecule has 66 heavy (non-hydrogen) atoms. The Kier molecular flexibility index (Phi) is 36.5. The number of aromatic amines is 1. The van der Waals surface area contributed by atoms with Gasteiger partial charge in [0.1, 0.15) is 25.3 Å². The number of carboxylic acid groups (broad SMARTS) is 1. The fourth-order valence-corrected chi connectivity index (χ4v) is 6.77. The Hall–Kier alpha value is -4.01. The van der Waals surface area contributed by atoms with Crippen LogP contribution in [0.5, 0.6) is 0 Å². The molecule has 0 fully saturated rings. The zero-order valence-electron chi connectivity index (χ0n) is 40.4. The fourth-order valence-electron chi connectivity index (χ4n) is 6.77. The molecule has 1 aromatic rings. The van der Waals surface area contributed by atoms with Crippen molar-refractivity contribution in [2.45, 2.75) is 167 Å². The number of ketones is 1. The van der Waals surface area contributed by atoms with Crippen LogP contribution in [0.1, 0.15) is 148 Å². The molecule has 0 bridgehead atoms. The number of hydrogen-bond acceptors (Lipinski definition) is 12. The third-order valence-electron chi connectivity index (χ3n) is 10.8. The zero-order chi connectivity index (χ0) is 48.5. The number of rotatable bonds is 46. The van der Waals surface area contributed by atoms with Crippen LogP contribution in [-0.2, 0) is 54.1 Å². The number of amides is 4. The molecule has 0 unspecified atom stereocenters. The summed E-state index contributed by atoms with van der Waals surface area (Å²) >= 11 is 0. The van der Waals surface area contributed by atoms with Crippen LogP contribution in [0.15, 0.2) is 12.5 Å². The van der Waals surface area contributed by atoms with Crippen molar-refractivity contribution in [1.82, 2.24) is 42.3 Å². The summed E-state index contributed by atoms with van der Waals surface area (Å²) in [5.41, 5.74) is 7.36. The molecule has 0 saturated heterocycles. The second-order valence-electron chi connectivity index (χ2n) is 17.2. The lowest BCUT2D eigenvalue weighted by Gasteiger charge is -2.27. The van der Waals surface area contributed by atoms with Gasteiger partial charge < -0.3 is 50.3 Å². The Morgan fingerprint density at radius 1 is 0.667 bits per heavy atom. The minimum atomic E-state index is -1.32. The molecule has 0 aliphatic heterocycles. The van der Waals surface area contributed by atoms with Crippen molar-refractivity contribution in [3.05, 3.63) is 18.2 Å². The second kappa shape index (κ2) is 40.1. The Bertz CT molecular complexity index is 1430. The van der Waals surface area contributed by atoms with Gasteiger partial charge in [0.25, 0.3) is 0 Å². The van der Waals surface area contributed by atoms with Crippen LogP contribution in [0.3, 0.4) is 0 Å². The van der Waals surface area contributed by atoms with E-state index in [1.807, 2.05) is 0 Å². The van der Waals surface area contributed by atoms with E-state index in [1.54, 1.807) is 0 Å². The van der Waals surface area contributed by atoms with Gasteiger partial charge >= 0.3 is 5.97 Å². The Morgan fingerprint density at radius 3 is 1.68 bits per heavy atom. The second-order valence-corrected chi connectivity index (χ2v) is 17.2. The number of aliphatic carboxylic acids is 1. The van der Waals surface area contributed by atoms with Crippen LogP contribution in [-0.4, -0.2) is 147 Å². The average Bonchev–Trinajstić information content (AvgIpc) is 3.80. The molecule has 19 heteroatoms. The molecule has 1 aromatic heterocycles. The molecule has 0 aliphatic carbocycles. The van der Waals surface area contributed by atoms with Gasteiger partial charge in [0, 0.05) is 44.4 Å². The first-order valence-corrected chi connectivity index (χ1v) is 24.5. The highest BCUT2D eigenvalue weighted by Crippen LogP contribution is 2.14. The van der Waals surface area contributed by atoms with Crippen molar-refractivity contribution in [3.63, 3.8) is 0 Å². The van der Waals surface area contributed by atoms with E-state index in [0.717, 1.165) is 12.8 Å². The predicted molar refractivity (Wildman–Crippen MR) is 252 cm³/mol. The van der Waals surface area contributed by atoms with Crippen molar-refractivity contribution >= 4 is 35.4 Å². The van der Waals surface area contributed by atoms with E-state index >= 15 is 0 Å². The molecule has 0 saturated carbocycles. The van der Waals surface area contributed by atoms with Gasteiger partial charge in [-0.05, 0) is 39.5 Å². The van der Waals surface area contributed by atoms with Gasteiger partial charge in [-0.15, -0.1) is 0 Å². The van der Waals surface area contributed by atoms with Gasteiger partial charge in [-0.25, -0.2) is 10.7 Å². The smallest absolute Gasteiger partial charge is 0.320 e.